The minimum atomic E-state index is -0.404. The highest BCUT2D eigenvalue weighted by molar-refractivity contribution is 7.15. The van der Waals surface area contributed by atoms with Crippen LogP contribution in [0.2, 0.25) is 0 Å². The molecule has 154 valence electrons. The third-order valence-electron chi connectivity index (χ3n) is 5.02. The average molecular weight is 430 g/mol. The van der Waals surface area contributed by atoms with Crippen LogP contribution < -0.4 is 10.6 Å². The van der Waals surface area contributed by atoms with Crippen LogP contribution in [-0.4, -0.2) is 37.1 Å². The fourth-order valence-corrected chi connectivity index (χ4v) is 4.11. The summed E-state index contributed by atoms with van der Waals surface area (Å²) in [5.74, 6) is -0.482. The molecule has 5 aromatic rings. The number of nitrogens with one attached hydrogen (secondary N) is 2. The number of benzene rings is 1. The average Bonchev–Trinajstić information content (AvgIpc) is 3.53. The van der Waals surface area contributed by atoms with Crippen LogP contribution in [0.3, 0.4) is 0 Å². The molecule has 0 aliphatic heterocycles. The molecular weight excluding hydrogens is 412 g/mol. The molecule has 1 aromatic carbocycles. The van der Waals surface area contributed by atoms with Crippen LogP contribution in [0, 0.1) is 0 Å². The van der Waals surface area contributed by atoms with Gasteiger partial charge in [-0.05, 0) is 17.7 Å². The largest absolute Gasteiger partial charge is 0.350 e. The summed E-state index contributed by atoms with van der Waals surface area (Å²) in [7, 11) is 0. The Hall–Kier alpha value is -3.98. The lowest BCUT2D eigenvalue weighted by atomic mass is 10.1. The summed E-state index contributed by atoms with van der Waals surface area (Å²) in [5.41, 5.74) is 2.77. The lowest BCUT2D eigenvalue weighted by Crippen LogP contribution is -2.38. The molecule has 0 bridgehead atoms. The third kappa shape index (κ3) is 3.78. The van der Waals surface area contributed by atoms with E-state index in [4.69, 9.17) is 0 Å². The fraction of sp³-hybridized carbons (Fsp3) is 0.0909. The highest BCUT2D eigenvalue weighted by Crippen LogP contribution is 2.16. The molecule has 0 fully saturated rings. The number of pyridine rings is 1. The molecule has 31 heavy (non-hydrogen) atoms. The van der Waals surface area contributed by atoms with Crippen molar-refractivity contribution in [1.29, 1.82) is 0 Å². The van der Waals surface area contributed by atoms with Gasteiger partial charge in [-0.2, -0.15) is 0 Å². The van der Waals surface area contributed by atoms with Crippen molar-refractivity contribution in [2.45, 2.75) is 6.04 Å². The summed E-state index contributed by atoms with van der Waals surface area (Å²) >= 11 is 1.46. The van der Waals surface area contributed by atoms with E-state index in [1.54, 1.807) is 39.8 Å². The highest BCUT2D eigenvalue weighted by Gasteiger charge is 2.20. The number of carbonyl (C=O) groups is 2. The van der Waals surface area contributed by atoms with Gasteiger partial charge in [0.15, 0.2) is 4.96 Å². The van der Waals surface area contributed by atoms with E-state index in [9.17, 15) is 9.59 Å². The van der Waals surface area contributed by atoms with Gasteiger partial charge in [0.25, 0.3) is 11.8 Å². The van der Waals surface area contributed by atoms with E-state index in [2.05, 4.69) is 20.6 Å². The molecule has 0 spiro atoms. The van der Waals surface area contributed by atoms with E-state index in [0.717, 1.165) is 16.0 Å². The van der Waals surface area contributed by atoms with Gasteiger partial charge < -0.3 is 15.0 Å². The van der Waals surface area contributed by atoms with E-state index < -0.39 is 6.04 Å². The predicted molar refractivity (Wildman–Crippen MR) is 117 cm³/mol. The normalized spacial score (nSPS) is 12.1. The van der Waals surface area contributed by atoms with E-state index in [0.29, 0.717) is 11.3 Å². The van der Waals surface area contributed by atoms with Crippen LogP contribution in [0.15, 0.2) is 79.0 Å². The molecule has 1 atom stereocenters. The van der Waals surface area contributed by atoms with Gasteiger partial charge in [0, 0.05) is 24.3 Å². The number of nitrogens with zero attached hydrogens (tertiary/aromatic N) is 4. The van der Waals surface area contributed by atoms with Crippen LogP contribution in [0.4, 0.5) is 0 Å². The first-order valence-electron chi connectivity index (χ1n) is 9.65. The summed E-state index contributed by atoms with van der Waals surface area (Å²) in [4.78, 5) is 34.8. The molecule has 4 aromatic heterocycles. The number of thiazole rings is 1. The van der Waals surface area contributed by atoms with Crippen LogP contribution >= 0.6 is 11.3 Å². The Morgan fingerprint density at radius 2 is 1.94 bits per heavy atom. The summed E-state index contributed by atoms with van der Waals surface area (Å²) in [6.45, 7) is 0.238. The van der Waals surface area contributed by atoms with Crippen molar-refractivity contribution in [3.8, 4) is 0 Å². The van der Waals surface area contributed by atoms with Crippen molar-refractivity contribution < 1.29 is 9.59 Å². The zero-order valence-corrected chi connectivity index (χ0v) is 17.1. The van der Waals surface area contributed by atoms with Gasteiger partial charge in [-0.1, -0.05) is 30.3 Å². The second kappa shape index (κ2) is 8.04. The lowest BCUT2D eigenvalue weighted by molar-refractivity contribution is 0.0904. The molecule has 0 saturated carbocycles. The monoisotopic (exact) mass is 430 g/mol. The summed E-state index contributed by atoms with van der Waals surface area (Å²) in [5, 5.41) is 7.83. The lowest BCUT2D eigenvalue weighted by Gasteiger charge is -2.20. The Bertz CT molecular complexity index is 1370. The van der Waals surface area contributed by atoms with Gasteiger partial charge in [-0.3, -0.25) is 14.0 Å². The standard InChI is InChI=1S/C22H18N6O2S/c29-20(16-6-7-17-10-23-14-27(17)13-16)24-11-18(15-4-2-1-3-5-15)26-21(30)19-12-25-22-28(19)8-9-31-22/h1-10,12-14,18H,11H2,(H,24,29)(H,26,30). The molecule has 0 radical (unpaired) electrons. The molecule has 2 amide bonds. The summed E-state index contributed by atoms with van der Waals surface area (Å²) in [6.07, 6.45) is 8.47. The Morgan fingerprint density at radius 1 is 1.06 bits per heavy atom. The molecule has 4 heterocycles. The number of rotatable bonds is 6. The maximum absolute atomic E-state index is 12.9. The van der Waals surface area contributed by atoms with Gasteiger partial charge in [-0.25, -0.2) is 9.97 Å². The Labute approximate surface area is 181 Å². The molecule has 5 rings (SSSR count). The van der Waals surface area contributed by atoms with Gasteiger partial charge in [0.05, 0.1) is 35.8 Å². The van der Waals surface area contributed by atoms with Crippen LogP contribution in [0.1, 0.15) is 32.5 Å². The van der Waals surface area contributed by atoms with Crippen molar-refractivity contribution in [3.05, 3.63) is 95.8 Å². The minimum Gasteiger partial charge on any atom is -0.350 e. The molecule has 0 aliphatic rings. The van der Waals surface area contributed by atoms with Crippen LogP contribution in [0.25, 0.3) is 10.5 Å². The van der Waals surface area contributed by atoms with E-state index in [-0.39, 0.29) is 18.4 Å². The number of hydrogen-bond acceptors (Lipinski definition) is 5. The highest BCUT2D eigenvalue weighted by atomic mass is 32.1. The van der Waals surface area contributed by atoms with Crippen molar-refractivity contribution in [2.24, 2.45) is 0 Å². The first-order chi connectivity index (χ1) is 15.2. The SMILES string of the molecule is O=C(NCC(NC(=O)c1cnc2sccn12)c1ccccc1)c1ccc2cncn2c1. The molecule has 0 saturated heterocycles. The molecule has 2 N–H and O–H groups in total. The van der Waals surface area contributed by atoms with Crippen molar-refractivity contribution >= 4 is 33.6 Å². The van der Waals surface area contributed by atoms with E-state index >= 15 is 0 Å². The van der Waals surface area contributed by atoms with Crippen molar-refractivity contribution in [2.75, 3.05) is 6.54 Å². The number of carbonyl (C=O) groups excluding carboxylic acids is 2. The Morgan fingerprint density at radius 3 is 2.81 bits per heavy atom. The first-order valence-corrected chi connectivity index (χ1v) is 10.5. The molecule has 1 unspecified atom stereocenters. The number of amides is 2. The second-order valence-electron chi connectivity index (χ2n) is 6.99. The Kier molecular flexibility index (Phi) is 4.93. The third-order valence-corrected chi connectivity index (χ3v) is 5.79. The molecule has 0 aliphatic carbocycles. The predicted octanol–water partition coefficient (Wildman–Crippen LogP) is 2.94. The summed E-state index contributed by atoms with van der Waals surface area (Å²) < 4.78 is 3.54. The smallest absolute Gasteiger partial charge is 0.270 e. The number of fused-ring (bicyclic) bond motifs is 2. The fourth-order valence-electron chi connectivity index (χ4n) is 3.42. The molecule has 8 nitrogen and oxygen atoms in total. The number of imidazole rings is 2. The van der Waals surface area contributed by atoms with Gasteiger partial charge >= 0.3 is 0 Å². The molecule has 9 heteroatoms. The van der Waals surface area contributed by atoms with Gasteiger partial charge in [-0.15, -0.1) is 11.3 Å². The topological polar surface area (TPSA) is 92.8 Å². The number of aromatic nitrogens is 4. The second-order valence-corrected chi connectivity index (χ2v) is 7.86. The first kappa shape index (κ1) is 19.0. The maximum atomic E-state index is 12.9. The van der Waals surface area contributed by atoms with Crippen LogP contribution in [-0.2, 0) is 0 Å². The van der Waals surface area contributed by atoms with Gasteiger partial charge in [0.2, 0.25) is 0 Å². The zero-order valence-electron chi connectivity index (χ0n) is 16.3. The minimum absolute atomic E-state index is 0.227. The molecular formula is C22H18N6O2S. The summed E-state index contributed by atoms with van der Waals surface area (Å²) in [6, 6.07) is 12.7. The van der Waals surface area contributed by atoms with Crippen molar-refractivity contribution in [3.63, 3.8) is 0 Å². The van der Waals surface area contributed by atoms with Crippen LogP contribution in [0.5, 0.6) is 0 Å². The Balaban J connectivity index is 1.34. The van der Waals surface area contributed by atoms with Gasteiger partial charge in [0.1, 0.15) is 5.69 Å². The maximum Gasteiger partial charge on any atom is 0.270 e. The van der Waals surface area contributed by atoms with E-state index in [1.807, 2.05) is 48.0 Å². The quantitative estimate of drug-likeness (QED) is 0.433. The zero-order chi connectivity index (χ0) is 21.2. The van der Waals surface area contributed by atoms with Crippen molar-refractivity contribution in [1.82, 2.24) is 29.4 Å². The number of hydrogen-bond donors (Lipinski definition) is 2. The van der Waals surface area contributed by atoms with E-state index in [1.165, 1.54) is 11.3 Å².